The summed E-state index contributed by atoms with van der Waals surface area (Å²) in [6.45, 7) is 2.41. The standard InChI is InChI=1S/C42H34/c1-40(30-17-18-31-40)42(36-25-13-5-14-26-36,37-27-15-6-16-28-37)41(35-23-11-4-12-24-35)32-29-38(33-19-7-2-8-20-33)39(41)34-21-9-3-10-22-34/h2-32H,1H3. The monoisotopic (exact) mass is 538 g/mol. The third-order valence-electron chi connectivity index (χ3n) is 9.35. The molecule has 0 heteroatoms. The fourth-order valence-electron chi connectivity index (χ4n) is 7.77. The summed E-state index contributed by atoms with van der Waals surface area (Å²) in [6, 6.07) is 55.4. The van der Waals surface area contributed by atoms with Crippen LogP contribution in [0.1, 0.15) is 34.7 Å². The molecule has 0 bridgehead atoms. The first-order valence-electron chi connectivity index (χ1n) is 14.8. The molecule has 1 unspecified atom stereocenters. The Bertz CT molecular complexity index is 1740. The molecule has 0 spiro atoms. The van der Waals surface area contributed by atoms with Crippen molar-refractivity contribution in [3.05, 3.63) is 216 Å². The van der Waals surface area contributed by atoms with Crippen LogP contribution in [-0.2, 0) is 10.8 Å². The Hall–Kier alpha value is -4.94. The van der Waals surface area contributed by atoms with Crippen LogP contribution in [0.4, 0.5) is 0 Å². The van der Waals surface area contributed by atoms with Crippen LogP contribution >= 0.6 is 0 Å². The van der Waals surface area contributed by atoms with Crippen molar-refractivity contribution in [2.24, 2.45) is 5.41 Å². The van der Waals surface area contributed by atoms with Crippen molar-refractivity contribution in [2.75, 3.05) is 0 Å². The smallest absolute Gasteiger partial charge is 0.0545 e. The molecule has 0 nitrogen and oxygen atoms in total. The predicted molar refractivity (Wildman–Crippen MR) is 177 cm³/mol. The molecule has 0 saturated heterocycles. The highest BCUT2D eigenvalue weighted by molar-refractivity contribution is 6.05. The van der Waals surface area contributed by atoms with Gasteiger partial charge in [0.15, 0.2) is 0 Å². The van der Waals surface area contributed by atoms with Crippen molar-refractivity contribution in [3.8, 4) is 0 Å². The number of hydrogen-bond acceptors (Lipinski definition) is 0. The molecule has 0 saturated carbocycles. The summed E-state index contributed by atoms with van der Waals surface area (Å²) in [5, 5.41) is 0. The Balaban J connectivity index is 1.74. The Morgan fingerprint density at radius 2 is 0.881 bits per heavy atom. The van der Waals surface area contributed by atoms with Crippen LogP contribution in [0.5, 0.6) is 0 Å². The highest BCUT2D eigenvalue weighted by Gasteiger charge is 2.64. The van der Waals surface area contributed by atoms with Crippen molar-refractivity contribution in [3.63, 3.8) is 0 Å². The maximum Gasteiger partial charge on any atom is 0.0545 e. The average molecular weight is 539 g/mol. The van der Waals surface area contributed by atoms with Gasteiger partial charge in [-0.25, -0.2) is 0 Å². The van der Waals surface area contributed by atoms with E-state index in [1.807, 2.05) is 0 Å². The van der Waals surface area contributed by atoms with Gasteiger partial charge in [0.1, 0.15) is 0 Å². The molecular formula is C42H34. The Labute approximate surface area is 249 Å². The Morgan fingerprint density at radius 1 is 0.452 bits per heavy atom. The van der Waals surface area contributed by atoms with E-state index in [9.17, 15) is 0 Å². The first-order chi connectivity index (χ1) is 20.7. The summed E-state index contributed by atoms with van der Waals surface area (Å²) in [5.41, 5.74) is 7.40. The van der Waals surface area contributed by atoms with E-state index in [2.05, 4.69) is 195 Å². The molecule has 0 heterocycles. The van der Waals surface area contributed by atoms with Crippen LogP contribution in [-0.4, -0.2) is 0 Å². The third kappa shape index (κ3) is 3.76. The zero-order chi connectivity index (χ0) is 28.5. The second-order valence-corrected chi connectivity index (χ2v) is 11.5. The van der Waals surface area contributed by atoms with Crippen LogP contribution in [0.2, 0.25) is 0 Å². The van der Waals surface area contributed by atoms with Crippen molar-refractivity contribution in [1.29, 1.82) is 0 Å². The number of hydrogen-bond donors (Lipinski definition) is 0. The molecule has 2 aliphatic carbocycles. The molecule has 202 valence electrons. The maximum absolute atomic E-state index is 2.51. The van der Waals surface area contributed by atoms with E-state index in [-0.39, 0.29) is 5.41 Å². The first kappa shape index (κ1) is 26.0. The average Bonchev–Trinajstić information content (AvgIpc) is 3.69. The summed E-state index contributed by atoms with van der Waals surface area (Å²) >= 11 is 0. The highest BCUT2D eigenvalue weighted by Crippen LogP contribution is 2.68. The summed E-state index contributed by atoms with van der Waals surface area (Å²) in [5.74, 6) is 0. The van der Waals surface area contributed by atoms with Crippen LogP contribution < -0.4 is 0 Å². The number of allylic oxidation sites excluding steroid dienone is 8. The van der Waals surface area contributed by atoms with Crippen molar-refractivity contribution < 1.29 is 0 Å². The quantitative estimate of drug-likeness (QED) is 0.193. The van der Waals surface area contributed by atoms with Gasteiger partial charge < -0.3 is 0 Å². The lowest BCUT2D eigenvalue weighted by Crippen LogP contribution is -2.57. The molecule has 5 aromatic carbocycles. The minimum absolute atomic E-state index is 0.359. The number of rotatable bonds is 7. The van der Waals surface area contributed by atoms with E-state index in [0.717, 1.165) is 0 Å². The molecule has 0 aliphatic heterocycles. The Kier molecular flexibility index (Phi) is 6.48. The normalized spacial score (nSPS) is 19.0. The zero-order valence-corrected chi connectivity index (χ0v) is 23.9. The summed E-state index contributed by atoms with van der Waals surface area (Å²) in [4.78, 5) is 0. The lowest BCUT2D eigenvalue weighted by atomic mass is 9.42. The number of benzene rings is 5. The van der Waals surface area contributed by atoms with E-state index in [0.29, 0.717) is 0 Å². The van der Waals surface area contributed by atoms with E-state index in [1.54, 1.807) is 0 Å². The molecular weight excluding hydrogens is 504 g/mol. The molecule has 1 atom stereocenters. The second-order valence-electron chi connectivity index (χ2n) is 11.5. The topological polar surface area (TPSA) is 0 Å². The van der Waals surface area contributed by atoms with Gasteiger partial charge in [-0.2, -0.15) is 0 Å². The molecule has 0 amide bonds. The molecule has 2 aliphatic rings. The van der Waals surface area contributed by atoms with Crippen molar-refractivity contribution in [2.45, 2.75) is 17.8 Å². The summed E-state index contributed by atoms with van der Waals surface area (Å²) in [7, 11) is 0. The molecule has 5 aromatic rings. The van der Waals surface area contributed by atoms with Gasteiger partial charge in [-0.1, -0.05) is 195 Å². The fourth-order valence-corrected chi connectivity index (χ4v) is 7.77. The van der Waals surface area contributed by atoms with Gasteiger partial charge in [0.05, 0.1) is 5.41 Å². The minimum Gasteiger partial charge on any atom is -0.0735 e. The van der Waals surface area contributed by atoms with Gasteiger partial charge in [-0.15, -0.1) is 0 Å². The van der Waals surface area contributed by atoms with Crippen molar-refractivity contribution >= 4 is 11.1 Å². The Morgan fingerprint density at radius 3 is 1.38 bits per heavy atom. The van der Waals surface area contributed by atoms with Crippen LogP contribution in [0, 0.1) is 5.41 Å². The van der Waals surface area contributed by atoms with Gasteiger partial charge >= 0.3 is 0 Å². The molecule has 42 heavy (non-hydrogen) atoms. The van der Waals surface area contributed by atoms with Gasteiger partial charge in [-0.05, 0) is 39.0 Å². The first-order valence-corrected chi connectivity index (χ1v) is 14.8. The van der Waals surface area contributed by atoms with Crippen molar-refractivity contribution in [1.82, 2.24) is 0 Å². The van der Waals surface area contributed by atoms with E-state index in [1.165, 1.54) is 39.0 Å². The predicted octanol–water partition coefficient (Wildman–Crippen LogP) is 10.2. The van der Waals surface area contributed by atoms with Gasteiger partial charge in [0.2, 0.25) is 0 Å². The van der Waals surface area contributed by atoms with Gasteiger partial charge in [0.25, 0.3) is 0 Å². The summed E-state index contributed by atoms with van der Waals surface area (Å²) < 4.78 is 0. The van der Waals surface area contributed by atoms with Gasteiger partial charge in [0, 0.05) is 10.8 Å². The largest absolute Gasteiger partial charge is 0.0735 e. The molecule has 7 rings (SSSR count). The van der Waals surface area contributed by atoms with Crippen LogP contribution in [0.25, 0.3) is 11.1 Å². The lowest BCUT2D eigenvalue weighted by Gasteiger charge is -2.58. The molecule has 0 radical (unpaired) electrons. The van der Waals surface area contributed by atoms with E-state index >= 15 is 0 Å². The van der Waals surface area contributed by atoms with E-state index in [4.69, 9.17) is 0 Å². The maximum atomic E-state index is 2.51. The van der Waals surface area contributed by atoms with Crippen LogP contribution in [0.3, 0.4) is 0 Å². The minimum atomic E-state index is -0.572. The third-order valence-corrected chi connectivity index (χ3v) is 9.35. The lowest BCUT2D eigenvalue weighted by molar-refractivity contribution is 0.243. The zero-order valence-electron chi connectivity index (χ0n) is 23.9. The second kappa shape index (κ2) is 10.5. The molecule has 0 fully saturated rings. The molecule has 0 aromatic heterocycles. The SMILES string of the molecule is CC1(C(c2ccccc2)(c2ccccc2)C2(c3ccccc3)C=CC(c3ccccc3)=C2c2ccccc2)C=CC=C1. The van der Waals surface area contributed by atoms with Crippen LogP contribution in [0.15, 0.2) is 188 Å². The van der Waals surface area contributed by atoms with Gasteiger partial charge in [-0.3, -0.25) is 0 Å². The van der Waals surface area contributed by atoms with E-state index < -0.39 is 10.8 Å². The fraction of sp³-hybridized carbons (Fsp3) is 0.0952. The molecule has 0 N–H and O–H groups in total. The summed E-state index contributed by atoms with van der Waals surface area (Å²) in [6.07, 6.45) is 14.2. The highest BCUT2D eigenvalue weighted by atomic mass is 14.6.